The van der Waals surface area contributed by atoms with E-state index < -0.39 is 33.7 Å². The van der Waals surface area contributed by atoms with E-state index in [1.165, 1.54) is 11.0 Å². The number of alkyl halides is 3. The zero-order valence-electron chi connectivity index (χ0n) is 26.0. The monoisotopic (exact) mass is 711 g/mol. The van der Waals surface area contributed by atoms with Crippen LogP contribution in [-0.4, -0.2) is 50.0 Å². The minimum absolute atomic E-state index is 0.00719. The highest BCUT2D eigenvalue weighted by atomic mass is 35.5. The molecule has 1 aliphatic rings. The molecule has 254 valence electrons. The Morgan fingerprint density at radius 2 is 1.62 bits per heavy atom. The van der Waals surface area contributed by atoms with Gasteiger partial charge in [-0.05, 0) is 60.7 Å². The zero-order valence-corrected chi connectivity index (χ0v) is 28.3. The van der Waals surface area contributed by atoms with Gasteiger partial charge in [-0.25, -0.2) is 8.42 Å². The minimum atomic E-state index is -4.66. The smallest absolute Gasteiger partial charge is 0.352 e. The Morgan fingerprint density at radius 1 is 0.915 bits per heavy atom. The average Bonchev–Trinajstić information content (AvgIpc) is 3.02. The summed E-state index contributed by atoms with van der Waals surface area (Å²) in [6, 6.07) is 17.4. The molecule has 0 saturated heterocycles. The van der Waals surface area contributed by atoms with E-state index in [2.05, 4.69) is 5.32 Å². The van der Waals surface area contributed by atoms with Crippen LogP contribution in [0.25, 0.3) is 0 Å². The topological polar surface area (TPSA) is 86.8 Å². The predicted octanol–water partition coefficient (Wildman–Crippen LogP) is 7.65. The van der Waals surface area contributed by atoms with Crippen LogP contribution in [-0.2, 0) is 38.8 Å². The molecule has 1 aliphatic carbocycles. The third kappa shape index (κ3) is 10.6. The zero-order chi connectivity index (χ0) is 34.2. The number of hydrogen-bond donors (Lipinski definition) is 1. The molecule has 1 fully saturated rings. The van der Waals surface area contributed by atoms with Gasteiger partial charge in [-0.1, -0.05) is 84.9 Å². The molecule has 0 unspecified atom stereocenters. The van der Waals surface area contributed by atoms with Crippen molar-refractivity contribution < 1.29 is 31.2 Å². The molecule has 1 saturated carbocycles. The van der Waals surface area contributed by atoms with Gasteiger partial charge in [-0.2, -0.15) is 13.2 Å². The summed E-state index contributed by atoms with van der Waals surface area (Å²) in [5.74, 6) is -0.718. The first-order valence-corrected chi connectivity index (χ1v) is 18.1. The second-order valence-corrected chi connectivity index (χ2v) is 14.5. The van der Waals surface area contributed by atoms with Crippen molar-refractivity contribution in [3.05, 3.63) is 99.5 Å². The maximum atomic E-state index is 14.1. The van der Waals surface area contributed by atoms with E-state index in [0.717, 1.165) is 66.4 Å². The Kier molecular flexibility index (Phi) is 12.6. The molecule has 0 radical (unpaired) electrons. The quantitative estimate of drug-likeness (QED) is 0.197. The van der Waals surface area contributed by atoms with Gasteiger partial charge in [0.1, 0.15) is 6.04 Å². The number of amides is 2. The van der Waals surface area contributed by atoms with E-state index in [0.29, 0.717) is 10.6 Å². The molecular formula is C34H38Cl2F3N3O4S. The summed E-state index contributed by atoms with van der Waals surface area (Å²) in [5.41, 5.74) is 0.338. The van der Waals surface area contributed by atoms with Gasteiger partial charge in [0.2, 0.25) is 21.8 Å². The van der Waals surface area contributed by atoms with Crippen LogP contribution < -0.4 is 9.62 Å². The number of hydrogen-bond acceptors (Lipinski definition) is 4. The predicted molar refractivity (Wildman–Crippen MR) is 179 cm³/mol. The van der Waals surface area contributed by atoms with Crippen LogP contribution in [0.3, 0.4) is 0 Å². The number of nitrogens with zero attached hydrogens (tertiary/aromatic N) is 2. The van der Waals surface area contributed by atoms with Crippen LogP contribution >= 0.6 is 23.2 Å². The van der Waals surface area contributed by atoms with Gasteiger partial charge in [0.15, 0.2) is 0 Å². The lowest BCUT2D eigenvalue weighted by atomic mass is 9.94. The molecule has 7 nitrogen and oxygen atoms in total. The molecule has 4 rings (SSSR count). The van der Waals surface area contributed by atoms with Crippen LogP contribution in [0.1, 0.15) is 61.6 Å². The highest BCUT2D eigenvalue weighted by Crippen LogP contribution is 2.32. The minimum Gasteiger partial charge on any atom is -0.352 e. The Labute approximate surface area is 284 Å². The standard InChI is InChI=1S/C34H38Cl2F3N3O4S/c1-47(45,46)42(28-15-8-12-26(22-28)34(37,38)39)19-9-16-32(43)41(23-25-17-18-29(35)30(36)20-25)31(21-24-10-4-2-5-11-24)33(44)40-27-13-6-3-7-14-27/h2,4-5,8,10-12,15,17-18,20,22,27,31H,3,6-7,9,13-14,16,19,21,23H2,1H3,(H,40,44)/t31-/m0/s1. The SMILES string of the molecule is CS(=O)(=O)N(CCCC(=O)N(Cc1ccc(Cl)c(Cl)c1)[C@@H](Cc1ccccc1)C(=O)NC1CCCCC1)c1cccc(C(F)(F)F)c1. The lowest BCUT2D eigenvalue weighted by Crippen LogP contribution is -2.52. The third-order valence-corrected chi connectivity index (χ3v) is 10.1. The number of nitrogens with one attached hydrogen (secondary N) is 1. The summed E-state index contributed by atoms with van der Waals surface area (Å²) in [5, 5.41) is 3.77. The van der Waals surface area contributed by atoms with E-state index in [9.17, 15) is 31.2 Å². The van der Waals surface area contributed by atoms with Gasteiger partial charge in [-0.3, -0.25) is 13.9 Å². The molecule has 47 heavy (non-hydrogen) atoms. The highest BCUT2D eigenvalue weighted by molar-refractivity contribution is 7.92. The van der Waals surface area contributed by atoms with Crippen molar-refractivity contribution in [2.75, 3.05) is 17.1 Å². The molecule has 3 aromatic rings. The van der Waals surface area contributed by atoms with Crippen molar-refractivity contribution in [2.45, 2.75) is 76.2 Å². The third-order valence-electron chi connectivity index (χ3n) is 8.17. The van der Waals surface area contributed by atoms with Crippen LogP contribution in [0.2, 0.25) is 10.0 Å². The molecule has 2 amide bonds. The first kappa shape index (κ1) is 36.6. The van der Waals surface area contributed by atoms with Crippen molar-refractivity contribution in [3.63, 3.8) is 0 Å². The summed E-state index contributed by atoms with van der Waals surface area (Å²) in [7, 11) is -3.99. The van der Waals surface area contributed by atoms with Gasteiger partial charge in [0, 0.05) is 32.0 Å². The summed E-state index contributed by atoms with van der Waals surface area (Å²) >= 11 is 12.4. The molecule has 0 aromatic heterocycles. The Morgan fingerprint density at radius 3 is 2.26 bits per heavy atom. The lowest BCUT2D eigenvalue weighted by Gasteiger charge is -2.34. The van der Waals surface area contributed by atoms with Crippen LogP contribution in [0.5, 0.6) is 0 Å². The van der Waals surface area contributed by atoms with Crippen LogP contribution in [0.4, 0.5) is 18.9 Å². The number of carbonyl (C=O) groups excluding carboxylic acids is 2. The fraction of sp³-hybridized carbons (Fsp3) is 0.412. The fourth-order valence-corrected chi connectivity index (χ4v) is 7.05. The van der Waals surface area contributed by atoms with E-state index >= 15 is 0 Å². The summed E-state index contributed by atoms with van der Waals surface area (Å²) in [6.07, 6.45) is 1.09. The molecule has 13 heteroatoms. The Hall–Kier alpha value is -3.28. The van der Waals surface area contributed by atoms with E-state index in [-0.39, 0.29) is 55.0 Å². The molecule has 3 aromatic carbocycles. The first-order valence-electron chi connectivity index (χ1n) is 15.4. The van der Waals surface area contributed by atoms with Crippen molar-refractivity contribution >= 4 is 50.7 Å². The Bertz CT molecular complexity index is 1640. The van der Waals surface area contributed by atoms with E-state index in [1.807, 2.05) is 30.3 Å². The van der Waals surface area contributed by atoms with Crippen molar-refractivity contribution in [1.82, 2.24) is 10.2 Å². The summed E-state index contributed by atoms with van der Waals surface area (Å²) in [6.45, 7) is -0.223. The van der Waals surface area contributed by atoms with Gasteiger partial charge < -0.3 is 10.2 Å². The van der Waals surface area contributed by atoms with Crippen molar-refractivity contribution in [1.29, 1.82) is 0 Å². The number of anilines is 1. The van der Waals surface area contributed by atoms with Gasteiger partial charge >= 0.3 is 6.18 Å². The van der Waals surface area contributed by atoms with E-state index in [4.69, 9.17) is 23.2 Å². The number of benzene rings is 3. The number of rotatable bonds is 13. The second-order valence-electron chi connectivity index (χ2n) is 11.8. The van der Waals surface area contributed by atoms with Gasteiger partial charge in [0.05, 0.1) is 27.6 Å². The maximum absolute atomic E-state index is 14.1. The van der Waals surface area contributed by atoms with E-state index in [1.54, 1.807) is 18.2 Å². The molecular weight excluding hydrogens is 674 g/mol. The van der Waals surface area contributed by atoms with Crippen molar-refractivity contribution in [3.8, 4) is 0 Å². The molecule has 0 heterocycles. The highest BCUT2D eigenvalue weighted by Gasteiger charge is 2.33. The van der Waals surface area contributed by atoms with Crippen LogP contribution in [0.15, 0.2) is 72.8 Å². The fourth-order valence-electron chi connectivity index (χ4n) is 5.77. The maximum Gasteiger partial charge on any atom is 0.416 e. The second kappa shape index (κ2) is 16.2. The normalized spacial score (nSPS) is 14.8. The summed E-state index contributed by atoms with van der Waals surface area (Å²) < 4.78 is 66.3. The number of carbonyl (C=O) groups is 2. The number of sulfonamides is 1. The lowest BCUT2D eigenvalue weighted by molar-refractivity contribution is -0.141. The number of halogens is 5. The first-order chi connectivity index (χ1) is 22.2. The molecule has 1 N–H and O–H groups in total. The summed E-state index contributed by atoms with van der Waals surface area (Å²) in [4.78, 5) is 29.5. The van der Waals surface area contributed by atoms with Gasteiger partial charge in [-0.15, -0.1) is 0 Å². The molecule has 1 atom stereocenters. The van der Waals surface area contributed by atoms with Gasteiger partial charge in [0.25, 0.3) is 0 Å². The largest absolute Gasteiger partial charge is 0.416 e. The van der Waals surface area contributed by atoms with Crippen LogP contribution in [0, 0.1) is 0 Å². The molecule has 0 spiro atoms. The molecule has 0 bridgehead atoms. The average molecular weight is 713 g/mol. The van der Waals surface area contributed by atoms with Crippen molar-refractivity contribution in [2.24, 2.45) is 0 Å². The Balaban J connectivity index is 1.61. The molecule has 0 aliphatic heterocycles.